The summed E-state index contributed by atoms with van der Waals surface area (Å²) in [6.45, 7) is 7.17. The van der Waals surface area contributed by atoms with Crippen LogP contribution in [0.5, 0.6) is 0 Å². The van der Waals surface area contributed by atoms with Gasteiger partial charge in [0, 0.05) is 10.7 Å². The van der Waals surface area contributed by atoms with Crippen LogP contribution in [0.4, 0.5) is 0 Å². The molecule has 0 aromatic rings. The predicted molar refractivity (Wildman–Crippen MR) is 43.4 cm³/mol. The van der Waals surface area contributed by atoms with Gasteiger partial charge in [0.25, 0.3) is 9.05 Å². The largest absolute Gasteiger partial charge is 0.256 e. The highest BCUT2D eigenvalue weighted by Gasteiger charge is 2.11. The Morgan fingerprint density at radius 3 is 2.10 bits per heavy atom. The van der Waals surface area contributed by atoms with Crippen LogP contribution < -0.4 is 0 Å². The standard InChI is InChI=1S/C6H11ClO2S/c1-5(2)4-6(3)10(7,8)9/h5H,3-4H2,1-2H3. The summed E-state index contributed by atoms with van der Waals surface area (Å²) in [4.78, 5) is 0.101. The van der Waals surface area contributed by atoms with Gasteiger partial charge in [0.1, 0.15) is 0 Å². The van der Waals surface area contributed by atoms with E-state index < -0.39 is 9.05 Å². The molecule has 60 valence electrons. The van der Waals surface area contributed by atoms with Crippen LogP contribution >= 0.6 is 10.7 Å². The molecule has 0 aliphatic rings. The minimum Gasteiger partial charge on any atom is -0.207 e. The molecular weight excluding hydrogens is 172 g/mol. The summed E-state index contributed by atoms with van der Waals surface area (Å²) in [6.07, 6.45) is 0.436. The van der Waals surface area contributed by atoms with Gasteiger partial charge >= 0.3 is 0 Å². The minimum absolute atomic E-state index is 0.101. The first-order chi connectivity index (χ1) is 4.34. The van der Waals surface area contributed by atoms with Crippen LogP contribution in [-0.2, 0) is 9.05 Å². The van der Waals surface area contributed by atoms with E-state index in [0.29, 0.717) is 6.42 Å². The first-order valence-corrected chi connectivity index (χ1v) is 5.27. The molecule has 0 atom stereocenters. The molecule has 0 aliphatic heterocycles. The summed E-state index contributed by atoms with van der Waals surface area (Å²) in [5.74, 6) is 0.279. The highest BCUT2D eigenvalue weighted by molar-refractivity contribution is 8.16. The summed E-state index contributed by atoms with van der Waals surface area (Å²) in [5, 5.41) is 0. The van der Waals surface area contributed by atoms with E-state index in [9.17, 15) is 8.42 Å². The van der Waals surface area contributed by atoms with Crippen molar-refractivity contribution in [2.75, 3.05) is 0 Å². The molecule has 0 rings (SSSR count). The van der Waals surface area contributed by atoms with Gasteiger partial charge in [-0.1, -0.05) is 20.4 Å². The van der Waals surface area contributed by atoms with Crippen molar-refractivity contribution >= 4 is 19.7 Å². The van der Waals surface area contributed by atoms with E-state index in [4.69, 9.17) is 10.7 Å². The highest BCUT2D eigenvalue weighted by atomic mass is 35.7. The van der Waals surface area contributed by atoms with Gasteiger partial charge in [-0.05, 0) is 12.3 Å². The van der Waals surface area contributed by atoms with Crippen molar-refractivity contribution < 1.29 is 8.42 Å². The summed E-state index contributed by atoms with van der Waals surface area (Å²) < 4.78 is 21.1. The SMILES string of the molecule is C=C(CC(C)C)S(=O)(=O)Cl. The van der Waals surface area contributed by atoms with Crippen LogP contribution in [0.2, 0.25) is 0 Å². The Balaban J connectivity index is 4.14. The van der Waals surface area contributed by atoms with Crippen LogP contribution in [-0.4, -0.2) is 8.42 Å². The van der Waals surface area contributed by atoms with Crippen LogP contribution in [0, 0.1) is 5.92 Å². The topological polar surface area (TPSA) is 34.1 Å². The Hall–Kier alpha value is -0.0200. The van der Waals surface area contributed by atoms with Gasteiger partial charge in [-0.3, -0.25) is 0 Å². The van der Waals surface area contributed by atoms with Crippen molar-refractivity contribution in [3.8, 4) is 0 Å². The van der Waals surface area contributed by atoms with E-state index in [1.807, 2.05) is 13.8 Å². The lowest BCUT2D eigenvalue weighted by atomic mass is 10.1. The summed E-state index contributed by atoms with van der Waals surface area (Å²) in [7, 11) is 1.48. The normalized spacial score (nSPS) is 12.0. The third kappa shape index (κ3) is 3.90. The molecule has 0 aromatic heterocycles. The second-order valence-corrected chi connectivity index (χ2v) is 5.25. The van der Waals surface area contributed by atoms with Crippen LogP contribution in [0.3, 0.4) is 0 Å². The Labute approximate surface area is 66.3 Å². The van der Waals surface area contributed by atoms with Gasteiger partial charge in [0.05, 0.1) is 4.91 Å². The fourth-order valence-corrected chi connectivity index (χ4v) is 1.28. The molecule has 2 nitrogen and oxygen atoms in total. The molecule has 0 spiro atoms. The third-order valence-corrected chi connectivity index (χ3v) is 2.49. The second kappa shape index (κ2) is 3.39. The zero-order valence-corrected chi connectivity index (χ0v) is 7.67. The number of rotatable bonds is 3. The van der Waals surface area contributed by atoms with Crippen molar-refractivity contribution in [3.63, 3.8) is 0 Å². The zero-order valence-electron chi connectivity index (χ0n) is 6.09. The Kier molecular flexibility index (Phi) is 3.39. The minimum atomic E-state index is -3.52. The second-order valence-electron chi connectivity index (χ2n) is 2.57. The summed E-state index contributed by atoms with van der Waals surface area (Å²) >= 11 is 0. The molecule has 0 unspecified atom stereocenters. The number of allylic oxidation sites excluding steroid dienone is 1. The first kappa shape index (κ1) is 9.98. The molecule has 0 saturated carbocycles. The molecule has 10 heavy (non-hydrogen) atoms. The monoisotopic (exact) mass is 182 g/mol. The van der Waals surface area contributed by atoms with Gasteiger partial charge in [0.15, 0.2) is 0 Å². The predicted octanol–water partition coefficient (Wildman–Crippen LogP) is 2.11. The number of hydrogen-bond acceptors (Lipinski definition) is 2. The quantitative estimate of drug-likeness (QED) is 0.627. The van der Waals surface area contributed by atoms with E-state index in [2.05, 4.69) is 6.58 Å². The third-order valence-electron chi connectivity index (χ3n) is 0.981. The molecule has 0 aliphatic carbocycles. The van der Waals surface area contributed by atoms with E-state index in [-0.39, 0.29) is 10.8 Å². The Morgan fingerprint density at radius 1 is 1.60 bits per heavy atom. The Morgan fingerprint density at radius 2 is 2.00 bits per heavy atom. The number of hydrogen-bond donors (Lipinski definition) is 0. The van der Waals surface area contributed by atoms with E-state index in [1.165, 1.54) is 0 Å². The van der Waals surface area contributed by atoms with Crippen LogP contribution in [0.15, 0.2) is 11.5 Å². The van der Waals surface area contributed by atoms with Crippen LogP contribution in [0.25, 0.3) is 0 Å². The fraction of sp³-hybridized carbons (Fsp3) is 0.667. The first-order valence-electron chi connectivity index (χ1n) is 2.96. The zero-order chi connectivity index (χ0) is 8.36. The van der Waals surface area contributed by atoms with Crippen molar-refractivity contribution in [3.05, 3.63) is 11.5 Å². The maximum absolute atomic E-state index is 10.5. The highest BCUT2D eigenvalue weighted by Crippen LogP contribution is 2.17. The molecule has 0 aromatic carbocycles. The maximum Gasteiger partial charge on any atom is 0.256 e. The lowest BCUT2D eigenvalue weighted by molar-refractivity contribution is 0.602. The fourth-order valence-electron chi connectivity index (χ4n) is 0.555. The molecule has 0 heterocycles. The van der Waals surface area contributed by atoms with Crippen molar-refractivity contribution in [1.82, 2.24) is 0 Å². The Bertz CT molecular complexity index is 216. The van der Waals surface area contributed by atoms with Gasteiger partial charge in [-0.15, -0.1) is 0 Å². The average molecular weight is 183 g/mol. The van der Waals surface area contributed by atoms with Crippen molar-refractivity contribution in [2.24, 2.45) is 5.92 Å². The molecular formula is C6H11ClO2S. The molecule has 0 radical (unpaired) electrons. The molecule has 0 saturated heterocycles. The molecule has 0 fully saturated rings. The lowest BCUT2D eigenvalue weighted by Crippen LogP contribution is -1.97. The summed E-state index contributed by atoms with van der Waals surface area (Å²) in [6, 6.07) is 0. The maximum atomic E-state index is 10.5. The molecule has 0 bridgehead atoms. The smallest absolute Gasteiger partial charge is 0.207 e. The van der Waals surface area contributed by atoms with E-state index in [1.54, 1.807) is 0 Å². The molecule has 0 N–H and O–H groups in total. The van der Waals surface area contributed by atoms with Gasteiger partial charge < -0.3 is 0 Å². The van der Waals surface area contributed by atoms with Crippen LogP contribution in [0.1, 0.15) is 20.3 Å². The average Bonchev–Trinajstić information content (AvgIpc) is 1.60. The molecule has 4 heteroatoms. The van der Waals surface area contributed by atoms with Gasteiger partial charge in [0.2, 0.25) is 0 Å². The van der Waals surface area contributed by atoms with Gasteiger partial charge in [-0.25, -0.2) is 8.42 Å². The van der Waals surface area contributed by atoms with Crippen molar-refractivity contribution in [1.29, 1.82) is 0 Å². The van der Waals surface area contributed by atoms with E-state index in [0.717, 1.165) is 0 Å². The number of halogens is 1. The van der Waals surface area contributed by atoms with E-state index >= 15 is 0 Å². The van der Waals surface area contributed by atoms with Gasteiger partial charge in [-0.2, -0.15) is 0 Å². The lowest BCUT2D eigenvalue weighted by Gasteiger charge is -2.03. The summed E-state index contributed by atoms with van der Waals surface area (Å²) in [5.41, 5.74) is 0. The molecule has 0 amide bonds. The van der Waals surface area contributed by atoms with Crippen molar-refractivity contribution in [2.45, 2.75) is 20.3 Å².